The molecule has 0 aliphatic rings. The second kappa shape index (κ2) is 5.21. The molecule has 9 heteroatoms. The SMILES string of the molecule is C[C@@H](CN)NS(=O)(=O)c1ccc(C(F)(F)F)nc1. The highest BCUT2D eigenvalue weighted by Crippen LogP contribution is 2.27. The Morgan fingerprint density at radius 3 is 2.44 bits per heavy atom. The molecule has 1 atom stereocenters. The normalized spacial score (nSPS) is 14.5. The van der Waals surface area contributed by atoms with E-state index < -0.39 is 27.9 Å². The molecule has 1 aromatic rings. The van der Waals surface area contributed by atoms with Gasteiger partial charge in [-0.1, -0.05) is 0 Å². The Hall–Kier alpha value is -1.19. The maximum Gasteiger partial charge on any atom is 0.433 e. The molecule has 0 aliphatic heterocycles. The van der Waals surface area contributed by atoms with Crippen LogP contribution in [0.2, 0.25) is 0 Å². The minimum absolute atomic E-state index is 0.0767. The van der Waals surface area contributed by atoms with E-state index in [0.717, 1.165) is 6.07 Å². The van der Waals surface area contributed by atoms with Crippen molar-refractivity contribution in [2.24, 2.45) is 5.73 Å². The highest BCUT2D eigenvalue weighted by molar-refractivity contribution is 7.89. The average Bonchev–Trinajstić information content (AvgIpc) is 2.27. The van der Waals surface area contributed by atoms with Crippen molar-refractivity contribution in [2.75, 3.05) is 6.54 Å². The summed E-state index contributed by atoms with van der Waals surface area (Å²) >= 11 is 0. The van der Waals surface area contributed by atoms with E-state index in [0.29, 0.717) is 12.3 Å². The molecular formula is C9H12F3N3O2S. The fraction of sp³-hybridized carbons (Fsp3) is 0.444. The molecule has 0 fully saturated rings. The molecule has 18 heavy (non-hydrogen) atoms. The third kappa shape index (κ3) is 3.65. The first-order chi connectivity index (χ1) is 8.16. The van der Waals surface area contributed by atoms with Crippen LogP contribution in [0.5, 0.6) is 0 Å². The molecule has 1 rings (SSSR count). The Kier molecular flexibility index (Phi) is 4.30. The van der Waals surface area contributed by atoms with E-state index in [1.54, 1.807) is 0 Å². The van der Waals surface area contributed by atoms with Crippen LogP contribution in [0, 0.1) is 0 Å². The van der Waals surface area contributed by atoms with Gasteiger partial charge in [-0.2, -0.15) is 13.2 Å². The van der Waals surface area contributed by atoms with Crippen molar-refractivity contribution in [3.63, 3.8) is 0 Å². The Morgan fingerprint density at radius 2 is 2.06 bits per heavy atom. The van der Waals surface area contributed by atoms with Crippen LogP contribution in [0.3, 0.4) is 0 Å². The van der Waals surface area contributed by atoms with Gasteiger partial charge in [-0.15, -0.1) is 0 Å². The van der Waals surface area contributed by atoms with Crippen molar-refractivity contribution in [2.45, 2.75) is 24.0 Å². The van der Waals surface area contributed by atoms with Gasteiger partial charge >= 0.3 is 6.18 Å². The van der Waals surface area contributed by atoms with E-state index in [-0.39, 0.29) is 11.4 Å². The maximum absolute atomic E-state index is 12.2. The maximum atomic E-state index is 12.2. The Labute approximate surface area is 102 Å². The van der Waals surface area contributed by atoms with Gasteiger partial charge in [0.15, 0.2) is 0 Å². The molecule has 0 aliphatic carbocycles. The first-order valence-electron chi connectivity index (χ1n) is 4.92. The highest BCUT2D eigenvalue weighted by Gasteiger charge is 2.32. The van der Waals surface area contributed by atoms with E-state index in [1.807, 2.05) is 0 Å². The fourth-order valence-electron chi connectivity index (χ4n) is 1.09. The monoisotopic (exact) mass is 283 g/mol. The summed E-state index contributed by atoms with van der Waals surface area (Å²) < 4.78 is 62.3. The molecule has 0 unspecified atom stereocenters. The number of halogens is 3. The minimum atomic E-state index is -4.60. The lowest BCUT2D eigenvalue weighted by atomic mass is 10.3. The first kappa shape index (κ1) is 14.9. The predicted molar refractivity (Wildman–Crippen MR) is 58.1 cm³/mol. The summed E-state index contributed by atoms with van der Waals surface area (Å²) in [5.41, 5.74) is 4.10. The molecule has 102 valence electrons. The number of sulfonamides is 1. The Morgan fingerprint density at radius 1 is 1.44 bits per heavy atom. The van der Waals surface area contributed by atoms with Gasteiger partial charge in [0, 0.05) is 18.8 Å². The van der Waals surface area contributed by atoms with E-state index in [9.17, 15) is 21.6 Å². The number of nitrogens with zero attached hydrogens (tertiary/aromatic N) is 1. The van der Waals surface area contributed by atoms with Crippen LogP contribution in [0.4, 0.5) is 13.2 Å². The zero-order valence-corrected chi connectivity index (χ0v) is 10.2. The molecular weight excluding hydrogens is 271 g/mol. The number of nitrogens with two attached hydrogens (primary N) is 1. The number of hydrogen-bond donors (Lipinski definition) is 2. The van der Waals surface area contributed by atoms with Crippen LogP contribution >= 0.6 is 0 Å². The lowest BCUT2D eigenvalue weighted by molar-refractivity contribution is -0.141. The van der Waals surface area contributed by atoms with Gasteiger partial charge in [-0.25, -0.2) is 13.1 Å². The van der Waals surface area contributed by atoms with Crippen molar-refractivity contribution < 1.29 is 21.6 Å². The van der Waals surface area contributed by atoms with Gasteiger partial charge in [0.25, 0.3) is 0 Å². The van der Waals surface area contributed by atoms with Crippen LogP contribution < -0.4 is 10.5 Å². The zero-order chi connectivity index (χ0) is 14.0. The molecule has 5 nitrogen and oxygen atoms in total. The fourth-order valence-corrected chi connectivity index (χ4v) is 2.29. The lowest BCUT2D eigenvalue weighted by Crippen LogP contribution is -2.37. The molecule has 1 aromatic heterocycles. The molecule has 0 saturated heterocycles. The molecule has 1 heterocycles. The summed E-state index contributed by atoms with van der Waals surface area (Å²) in [5.74, 6) is 0. The third-order valence-electron chi connectivity index (χ3n) is 2.05. The van der Waals surface area contributed by atoms with Crippen LogP contribution in [0.1, 0.15) is 12.6 Å². The second-order valence-corrected chi connectivity index (χ2v) is 5.35. The summed E-state index contributed by atoms with van der Waals surface area (Å²) in [4.78, 5) is 2.74. The largest absolute Gasteiger partial charge is 0.433 e. The van der Waals surface area contributed by atoms with Crippen LogP contribution in [0.25, 0.3) is 0 Å². The van der Waals surface area contributed by atoms with Gasteiger partial charge in [0.1, 0.15) is 10.6 Å². The van der Waals surface area contributed by atoms with Gasteiger partial charge in [0.05, 0.1) is 0 Å². The van der Waals surface area contributed by atoms with Crippen molar-refractivity contribution in [1.82, 2.24) is 9.71 Å². The molecule has 3 N–H and O–H groups in total. The van der Waals surface area contributed by atoms with Crippen LogP contribution in [-0.4, -0.2) is 26.0 Å². The topological polar surface area (TPSA) is 85.1 Å². The number of aromatic nitrogens is 1. The first-order valence-corrected chi connectivity index (χ1v) is 6.41. The Balaban J connectivity index is 2.98. The molecule has 0 saturated carbocycles. The van der Waals surface area contributed by atoms with Gasteiger partial charge < -0.3 is 5.73 Å². The van der Waals surface area contributed by atoms with E-state index in [1.165, 1.54) is 6.92 Å². The molecule has 0 bridgehead atoms. The summed E-state index contributed by atoms with van der Waals surface area (Å²) in [6.07, 6.45) is -3.94. The molecule has 0 aromatic carbocycles. The molecule has 0 amide bonds. The van der Waals surface area contributed by atoms with Gasteiger partial charge in [-0.05, 0) is 19.1 Å². The van der Waals surface area contributed by atoms with Crippen molar-refractivity contribution in [3.05, 3.63) is 24.0 Å². The smallest absolute Gasteiger partial charge is 0.329 e. The van der Waals surface area contributed by atoms with Gasteiger partial charge in [0.2, 0.25) is 10.0 Å². The van der Waals surface area contributed by atoms with Crippen molar-refractivity contribution >= 4 is 10.0 Å². The van der Waals surface area contributed by atoms with E-state index in [4.69, 9.17) is 5.73 Å². The number of hydrogen-bond acceptors (Lipinski definition) is 4. The number of rotatable bonds is 4. The van der Waals surface area contributed by atoms with E-state index >= 15 is 0 Å². The van der Waals surface area contributed by atoms with E-state index in [2.05, 4.69) is 9.71 Å². The summed E-state index contributed by atoms with van der Waals surface area (Å²) in [7, 11) is -3.89. The van der Waals surface area contributed by atoms with Crippen molar-refractivity contribution in [3.8, 4) is 0 Å². The van der Waals surface area contributed by atoms with Crippen molar-refractivity contribution in [1.29, 1.82) is 0 Å². The standard InChI is InChI=1S/C9H12F3N3O2S/c1-6(4-13)15-18(16,17)7-2-3-8(14-5-7)9(10,11)12/h2-3,5-6,15H,4,13H2,1H3/t6-/m0/s1. The zero-order valence-electron chi connectivity index (χ0n) is 9.40. The highest BCUT2D eigenvalue weighted by atomic mass is 32.2. The van der Waals surface area contributed by atoms with Gasteiger partial charge in [-0.3, -0.25) is 4.98 Å². The molecule has 0 spiro atoms. The number of nitrogens with one attached hydrogen (secondary N) is 1. The number of pyridine rings is 1. The average molecular weight is 283 g/mol. The lowest BCUT2D eigenvalue weighted by Gasteiger charge is -2.12. The third-order valence-corrected chi connectivity index (χ3v) is 3.62. The Bertz CT molecular complexity index is 499. The number of alkyl halides is 3. The van der Waals surface area contributed by atoms with Crippen LogP contribution in [-0.2, 0) is 16.2 Å². The quantitative estimate of drug-likeness (QED) is 0.853. The van der Waals surface area contributed by atoms with Crippen LogP contribution in [0.15, 0.2) is 23.2 Å². The summed E-state index contributed by atoms with van der Waals surface area (Å²) in [5, 5.41) is 0. The summed E-state index contributed by atoms with van der Waals surface area (Å²) in [6.45, 7) is 1.61. The predicted octanol–water partition coefficient (Wildman–Crippen LogP) is 0.726. The second-order valence-electron chi connectivity index (χ2n) is 3.63. The molecule has 0 radical (unpaired) electrons. The summed E-state index contributed by atoms with van der Waals surface area (Å²) in [6, 6.07) is 0.945. The minimum Gasteiger partial charge on any atom is -0.329 e.